The van der Waals surface area contributed by atoms with E-state index < -0.39 is 0 Å². The third-order valence-corrected chi connectivity index (χ3v) is 4.61. The predicted octanol–water partition coefficient (Wildman–Crippen LogP) is 2.69. The van der Waals surface area contributed by atoms with E-state index in [-0.39, 0.29) is 11.9 Å². The van der Waals surface area contributed by atoms with Gasteiger partial charge in [-0.25, -0.2) is 0 Å². The zero-order valence-corrected chi connectivity index (χ0v) is 13.6. The van der Waals surface area contributed by atoms with E-state index in [0.717, 1.165) is 23.1 Å². The van der Waals surface area contributed by atoms with Crippen molar-refractivity contribution >= 4 is 5.91 Å². The second-order valence-electron chi connectivity index (χ2n) is 6.18. The van der Waals surface area contributed by atoms with E-state index in [4.69, 9.17) is 4.74 Å². The van der Waals surface area contributed by atoms with Crippen LogP contribution in [0, 0.1) is 19.8 Å². The van der Waals surface area contributed by atoms with Gasteiger partial charge in [0.25, 0.3) is 5.91 Å². The van der Waals surface area contributed by atoms with Gasteiger partial charge in [-0.2, -0.15) is 0 Å². The van der Waals surface area contributed by atoms with Crippen molar-refractivity contribution in [2.24, 2.45) is 5.92 Å². The first-order valence-electron chi connectivity index (χ1n) is 7.99. The van der Waals surface area contributed by atoms with Gasteiger partial charge in [0.05, 0.1) is 19.3 Å². The maximum atomic E-state index is 12.6. The first-order chi connectivity index (χ1) is 11.1. The van der Waals surface area contributed by atoms with Crippen LogP contribution in [0.5, 0.6) is 0 Å². The van der Waals surface area contributed by atoms with E-state index in [9.17, 15) is 4.79 Å². The second kappa shape index (κ2) is 6.92. The fourth-order valence-electron chi connectivity index (χ4n) is 3.02. The summed E-state index contributed by atoms with van der Waals surface area (Å²) in [5, 5.41) is 3.15. The lowest BCUT2D eigenvalue weighted by atomic mass is 9.94. The lowest BCUT2D eigenvalue weighted by Gasteiger charge is -2.20. The number of carbonyl (C=O) groups is 1. The van der Waals surface area contributed by atoms with Gasteiger partial charge in [0, 0.05) is 23.9 Å². The lowest BCUT2D eigenvalue weighted by molar-refractivity contribution is 0.0924. The Morgan fingerprint density at radius 2 is 2.00 bits per heavy atom. The average molecular weight is 310 g/mol. The summed E-state index contributed by atoms with van der Waals surface area (Å²) in [5.74, 6) is 0.285. The van der Waals surface area contributed by atoms with Crippen molar-refractivity contribution in [1.82, 2.24) is 10.3 Å². The molecular weight excluding hydrogens is 288 g/mol. The van der Waals surface area contributed by atoms with Crippen molar-refractivity contribution in [3.63, 3.8) is 0 Å². The number of carbonyl (C=O) groups excluding carboxylic acids is 1. The summed E-state index contributed by atoms with van der Waals surface area (Å²) in [4.78, 5) is 16.6. The Hall–Kier alpha value is -2.20. The number of rotatable bonds is 4. The van der Waals surface area contributed by atoms with Crippen LogP contribution in [-0.4, -0.2) is 30.1 Å². The van der Waals surface area contributed by atoms with Gasteiger partial charge in [-0.15, -0.1) is 0 Å². The fourth-order valence-corrected chi connectivity index (χ4v) is 3.02. The first-order valence-corrected chi connectivity index (χ1v) is 7.99. The minimum Gasteiger partial charge on any atom is -0.379 e. The van der Waals surface area contributed by atoms with Crippen molar-refractivity contribution in [2.45, 2.75) is 26.3 Å². The van der Waals surface area contributed by atoms with E-state index in [0.29, 0.717) is 19.1 Å². The molecule has 120 valence electrons. The smallest absolute Gasteiger partial charge is 0.251 e. The van der Waals surface area contributed by atoms with Crippen LogP contribution in [0.3, 0.4) is 0 Å². The first kappa shape index (κ1) is 15.7. The molecule has 2 aromatic rings. The number of aryl methyl sites for hydroxylation is 1. The molecule has 1 amide bonds. The quantitative estimate of drug-likeness (QED) is 0.944. The summed E-state index contributed by atoms with van der Waals surface area (Å²) in [6.07, 6.45) is 4.49. The van der Waals surface area contributed by atoms with E-state index >= 15 is 0 Å². The van der Waals surface area contributed by atoms with Gasteiger partial charge in [-0.3, -0.25) is 9.78 Å². The van der Waals surface area contributed by atoms with Crippen LogP contribution in [0.25, 0.3) is 0 Å². The summed E-state index contributed by atoms with van der Waals surface area (Å²) < 4.78 is 5.60. The van der Waals surface area contributed by atoms with Crippen molar-refractivity contribution in [3.05, 3.63) is 65.0 Å². The van der Waals surface area contributed by atoms with Gasteiger partial charge in [-0.05, 0) is 55.2 Å². The molecule has 1 aliphatic heterocycles. The molecule has 1 aromatic carbocycles. The molecule has 3 rings (SSSR count). The number of amides is 1. The number of hydrogen-bond donors (Lipinski definition) is 1. The molecule has 0 saturated carbocycles. The molecule has 2 atom stereocenters. The Kier molecular flexibility index (Phi) is 4.72. The zero-order valence-electron chi connectivity index (χ0n) is 13.6. The molecule has 0 unspecified atom stereocenters. The number of ether oxygens (including phenoxy) is 1. The van der Waals surface area contributed by atoms with Crippen molar-refractivity contribution < 1.29 is 9.53 Å². The molecule has 1 aliphatic rings. The Balaban J connectivity index is 1.69. The molecule has 23 heavy (non-hydrogen) atoms. The van der Waals surface area contributed by atoms with E-state index in [1.54, 1.807) is 12.4 Å². The van der Waals surface area contributed by atoms with Gasteiger partial charge in [0.15, 0.2) is 0 Å². The van der Waals surface area contributed by atoms with Gasteiger partial charge in [0.1, 0.15) is 0 Å². The normalized spacial score (nSPS) is 20.4. The van der Waals surface area contributed by atoms with Gasteiger partial charge in [0.2, 0.25) is 0 Å². The summed E-state index contributed by atoms with van der Waals surface area (Å²) in [6, 6.07) is 9.92. The maximum Gasteiger partial charge on any atom is 0.251 e. The fraction of sp³-hybridized carbons (Fsp3) is 0.368. The van der Waals surface area contributed by atoms with Crippen LogP contribution >= 0.6 is 0 Å². The third-order valence-electron chi connectivity index (χ3n) is 4.61. The van der Waals surface area contributed by atoms with Crippen molar-refractivity contribution in [2.75, 3.05) is 13.2 Å². The highest BCUT2D eigenvalue weighted by Gasteiger charge is 2.30. The van der Waals surface area contributed by atoms with Gasteiger partial charge < -0.3 is 10.1 Å². The standard InChI is InChI=1S/C19H22N2O2/c1-13-4-3-5-17(14(13)2)19(22)21-18-12-23-11-16(18)10-15-6-8-20-9-7-15/h3-9,16,18H,10-12H2,1-2H3,(H,21,22)/t16-,18+/m1/s1. The Labute approximate surface area is 136 Å². The highest BCUT2D eigenvalue weighted by molar-refractivity contribution is 5.96. The number of nitrogens with zero attached hydrogens (tertiary/aromatic N) is 1. The molecule has 1 N–H and O–H groups in total. The number of pyridine rings is 1. The van der Waals surface area contributed by atoms with Gasteiger partial charge in [-0.1, -0.05) is 12.1 Å². The molecule has 0 spiro atoms. The van der Waals surface area contributed by atoms with Crippen LogP contribution in [0.15, 0.2) is 42.7 Å². The average Bonchev–Trinajstić information content (AvgIpc) is 2.98. The molecular formula is C19H22N2O2. The number of hydrogen-bond acceptors (Lipinski definition) is 3. The Morgan fingerprint density at radius 3 is 2.78 bits per heavy atom. The molecule has 0 radical (unpaired) electrons. The van der Waals surface area contributed by atoms with E-state index in [2.05, 4.69) is 10.3 Å². The molecule has 4 heteroatoms. The summed E-state index contributed by atoms with van der Waals surface area (Å²) in [6.45, 7) is 5.27. The Bertz CT molecular complexity index is 685. The zero-order chi connectivity index (χ0) is 16.2. The largest absolute Gasteiger partial charge is 0.379 e. The van der Waals surface area contributed by atoms with Crippen LogP contribution < -0.4 is 5.32 Å². The third kappa shape index (κ3) is 3.59. The van der Waals surface area contributed by atoms with Crippen LogP contribution in [0.2, 0.25) is 0 Å². The lowest BCUT2D eigenvalue weighted by Crippen LogP contribution is -2.40. The maximum absolute atomic E-state index is 12.6. The molecule has 2 heterocycles. The summed E-state index contributed by atoms with van der Waals surface area (Å²) in [7, 11) is 0. The summed E-state index contributed by atoms with van der Waals surface area (Å²) >= 11 is 0. The van der Waals surface area contributed by atoms with Crippen LogP contribution in [0.1, 0.15) is 27.0 Å². The highest BCUT2D eigenvalue weighted by atomic mass is 16.5. The topological polar surface area (TPSA) is 51.2 Å². The highest BCUT2D eigenvalue weighted by Crippen LogP contribution is 2.20. The molecule has 1 saturated heterocycles. The minimum absolute atomic E-state index is 0.0126. The number of benzene rings is 1. The molecule has 4 nitrogen and oxygen atoms in total. The predicted molar refractivity (Wildman–Crippen MR) is 89.4 cm³/mol. The molecule has 0 aliphatic carbocycles. The minimum atomic E-state index is -0.0126. The molecule has 1 aromatic heterocycles. The molecule has 1 fully saturated rings. The Morgan fingerprint density at radius 1 is 1.22 bits per heavy atom. The van der Waals surface area contributed by atoms with Crippen LogP contribution in [0.4, 0.5) is 0 Å². The molecule has 0 bridgehead atoms. The SMILES string of the molecule is Cc1cccc(C(=O)N[C@H]2COC[C@H]2Cc2ccncc2)c1C. The van der Waals surface area contributed by atoms with Crippen LogP contribution in [-0.2, 0) is 11.2 Å². The van der Waals surface area contributed by atoms with Gasteiger partial charge >= 0.3 is 0 Å². The number of aromatic nitrogens is 1. The monoisotopic (exact) mass is 310 g/mol. The summed E-state index contributed by atoms with van der Waals surface area (Å²) in [5.41, 5.74) is 4.14. The van der Waals surface area contributed by atoms with Crippen molar-refractivity contribution in [3.8, 4) is 0 Å². The number of nitrogens with one attached hydrogen (secondary N) is 1. The van der Waals surface area contributed by atoms with Crippen molar-refractivity contribution in [1.29, 1.82) is 0 Å². The second-order valence-corrected chi connectivity index (χ2v) is 6.18. The van der Waals surface area contributed by atoms with E-state index in [1.807, 2.05) is 44.2 Å². The van der Waals surface area contributed by atoms with E-state index in [1.165, 1.54) is 5.56 Å².